The third-order valence-corrected chi connectivity index (χ3v) is 6.65. The minimum atomic E-state index is -3.35. The van der Waals surface area contributed by atoms with E-state index in [0.717, 1.165) is 0 Å². The lowest BCUT2D eigenvalue weighted by Crippen LogP contribution is -2.38. The molecule has 5 nitrogen and oxygen atoms in total. The molecule has 0 spiro atoms. The van der Waals surface area contributed by atoms with Gasteiger partial charge in [0.15, 0.2) is 27.2 Å². The number of Topliss-reactive ketones (excluding diaryl/α,β-unsaturated/α-hetero) is 3. The van der Waals surface area contributed by atoms with Gasteiger partial charge in [-0.05, 0) is 30.0 Å². The van der Waals surface area contributed by atoms with E-state index in [2.05, 4.69) is 0 Å². The van der Waals surface area contributed by atoms with Crippen LogP contribution in [0.5, 0.6) is 0 Å². The quantitative estimate of drug-likeness (QED) is 0.599. The van der Waals surface area contributed by atoms with Crippen molar-refractivity contribution in [2.75, 3.05) is 5.75 Å². The molecule has 2 aliphatic rings. The third-order valence-electron chi connectivity index (χ3n) is 4.43. The van der Waals surface area contributed by atoms with Gasteiger partial charge >= 0.3 is 0 Å². The Hall–Kier alpha value is -1.53. The van der Waals surface area contributed by atoms with E-state index >= 15 is 0 Å². The minimum absolute atomic E-state index is 0.0432. The van der Waals surface area contributed by atoms with Crippen LogP contribution in [-0.4, -0.2) is 31.5 Å². The molecule has 1 heterocycles. The van der Waals surface area contributed by atoms with Crippen molar-refractivity contribution < 1.29 is 22.8 Å². The van der Waals surface area contributed by atoms with Crippen LogP contribution in [0.25, 0.3) is 0 Å². The average Bonchev–Trinajstić information content (AvgIpc) is 2.74. The molecule has 0 atom stereocenters. The molecule has 7 heteroatoms. The number of ketones is 3. The maximum Gasteiger partial charge on any atom is 0.182 e. The van der Waals surface area contributed by atoms with Gasteiger partial charge in [-0.2, -0.15) is 0 Å². The monoisotopic (exact) mass is 354 g/mol. The van der Waals surface area contributed by atoms with Crippen molar-refractivity contribution in [2.24, 2.45) is 11.8 Å². The van der Waals surface area contributed by atoms with Crippen molar-refractivity contribution in [3.8, 4) is 0 Å². The standard InChI is InChI=1S/C16H15ClO5S/c1-8-6-11(18)14(12(19)7-8)16(20)10-2-3-13-9(15(10)17)4-5-23(13,21)22/h2-3,8,14H,4-7H2,1H3. The molecule has 0 radical (unpaired) electrons. The number of sulfone groups is 1. The Morgan fingerprint density at radius 3 is 2.39 bits per heavy atom. The van der Waals surface area contributed by atoms with Crippen LogP contribution in [0.2, 0.25) is 5.02 Å². The molecule has 0 aromatic heterocycles. The SMILES string of the molecule is CC1CC(=O)C(C(=O)c2ccc3c(c2Cl)CCS3(=O)=O)C(=O)C1. The summed E-state index contributed by atoms with van der Waals surface area (Å²) in [7, 11) is -3.35. The van der Waals surface area contributed by atoms with E-state index in [-0.39, 0.29) is 58.0 Å². The molecule has 0 unspecified atom stereocenters. The molecule has 1 aromatic rings. The van der Waals surface area contributed by atoms with Crippen LogP contribution >= 0.6 is 11.6 Å². The van der Waals surface area contributed by atoms with E-state index in [1.807, 2.05) is 0 Å². The number of hydrogen-bond acceptors (Lipinski definition) is 5. The second kappa shape index (κ2) is 5.53. The van der Waals surface area contributed by atoms with Gasteiger partial charge in [0.1, 0.15) is 5.92 Å². The van der Waals surface area contributed by atoms with Crippen molar-refractivity contribution in [3.05, 3.63) is 28.3 Å². The highest BCUT2D eigenvalue weighted by molar-refractivity contribution is 7.91. The van der Waals surface area contributed by atoms with Crippen molar-refractivity contribution in [3.63, 3.8) is 0 Å². The normalized spacial score (nSPS) is 26.2. The molecule has 0 amide bonds. The maximum atomic E-state index is 12.6. The van der Waals surface area contributed by atoms with Crippen molar-refractivity contribution in [1.29, 1.82) is 0 Å². The Kier molecular flexibility index (Phi) is 3.92. The molecular weight excluding hydrogens is 340 g/mol. The van der Waals surface area contributed by atoms with Crippen molar-refractivity contribution >= 4 is 38.8 Å². The largest absolute Gasteiger partial charge is 0.298 e. The van der Waals surface area contributed by atoms with E-state index in [1.54, 1.807) is 6.92 Å². The average molecular weight is 355 g/mol. The molecule has 1 aliphatic carbocycles. The van der Waals surface area contributed by atoms with E-state index in [1.165, 1.54) is 12.1 Å². The van der Waals surface area contributed by atoms with Gasteiger partial charge in [-0.25, -0.2) is 8.42 Å². The summed E-state index contributed by atoms with van der Waals surface area (Å²) in [6.45, 7) is 1.80. The number of rotatable bonds is 2. The lowest BCUT2D eigenvalue weighted by atomic mass is 9.77. The second-order valence-corrected chi connectivity index (χ2v) is 8.67. The summed E-state index contributed by atoms with van der Waals surface area (Å²) >= 11 is 6.21. The molecule has 1 aliphatic heterocycles. The summed E-state index contributed by atoms with van der Waals surface area (Å²) in [5.74, 6) is -2.80. The lowest BCUT2D eigenvalue weighted by molar-refractivity contribution is -0.134. The fourth-order valence-corrected chi connectivity index (χ4v) is 5.24. The first kappa shape index (κ1) is 16.3. The van der Waals surface area contributed by atoms with Gasteiger partial charge in [0, 0.05) is 18.4 Å². The first-order valence-electron chi connectivity index (χ1n) is 7.36. The van der Waals surface area contributed by atoms with Crippen molar-refractivity contribution in [1.82, 2.24) is 0 Å². The number of fused-ring (bicyclic) bond motifs is 1. The summed E-state index contributed by atoms with van der Waals surface area (Å²) in [6, 6.07) is 2.65. The summed E-state index contributed by atoms with van der Waals surface area (Å²) < 4.78 is 23.8. The van der Waals surface area contributed by atoms with Crippen LogP contribution < -0.4 is 0 Å². The highest BCUT2D eigenvalue weighted by atomic mass is 35.5. The molecule has 0 N–H and O–H groups in total. The Morgan fingerprint density at radius 2 is 1.78 bits per heavy atom. The first-order chi connectivity index (χ1) is 10.7. The molecular formula is C16H15ClO5S. The number of hydrogen-bond donors (Lipinski definition) is 0. The highest BCUT2D eigenvalue weighted by Crippen LogP contribution is 2.36. The van der Waals surface area contributed by atoms with E-state index in [0.29, 0.717) is 5.56 Å². The summed E-state index contributed by atoms with van der Waals surface area (Å²) in [5, 5.41) is 0.0489. The first-order valence-corrected chi connectivity index (χ1v) is 9.39. The fourth-order valence-electron chi connectivity index (χ4n) is 3.29. The molecule has 23 heavy (non-hydrogen) atoms. The van der Waals surface area contributed by atoms with E-state index in [9.17, 15) is 22.8 Å². The predicted octanol–water partition coefficient (Wildman–Crippen LogP) is 2.04. The summed E-state index contributed by atoms with van der Waals surface area (Å²) in [5.41, 5.74) is 0.463. The zero-order valence-corrected chi connectivity index (χ0v) is 14.0. The second-order valence-electron chi connectivity index (χ2n) is 6.22. The van der Waals surface area contributed by atoms with Gasteiger partial charge in [-0.3, -0.25) is 14.4 Å². The van der Waals surface area contributed by atoms with Gasteiger partial charge in [-0.1, -0.05) is 18.5 Å². The predicted molar refractivity (Wildman–Crippen MR) is 83.4 cm³/mol. The number of carbonyl (C=O) groups excluding carboxylic acids is 3. The smallest absolute Gasteiger partial charge is 0.182 e. The molecule has 1 fully saturated rings. The number of halogens is 1. The van der Waals surface area contributed by atoms with Crippen LogP contribution in [0.4, 0.5) is 0 Å². The number of benzene rings is 1. The van der Waals surface area contributed by atoms with Gasteiger partial charge in [-0.15, -0.1) is 0 Å². The van der Waals surface area contributed by atoms with Gasteiger partial charge < -0.3 is 0 Å². The third kappa shape index (κ3) is 2.64. The molecule has 3 rings (SSSR count). The summed E-state index contributed by atoms with van der Waals surface area (Å²) in [4.78, 5) is 37.0. The van der Waals surface area contributed by atoms with Crippen LogP contribution in [0.15, 0.2) is 17.0 Å². The maximum absolute atomic E-state index is 12.6. The van der Waals surface area contributed by atoms with Crippen LogP contribution in [-0.2, 0) is 25.8 Å². The molecule has 1 saturated carbocycles. The fraction of sp³-hybridized carbons (Fsp3) is 0.438. The Morgan fingerprint density at radius 1 is 1.17 bits per heavy atom. The molecule has 0 bridgehead atoms. The van der Waals surface area contributed by atoms with Crippen LogP contribution in [0.3, 0.4) is 0 Å². The molecule has 0 saturated heterocycles. The van der Waals surface area contributed by atoms with E-state index < -0.39 is 21.5 Å². The Labute approximate surface area is 138 Å². The van der Waals surface area contributed by atoms with Gasteiger partial charge in [0.25, 0.3) is 0 Å². The lowest BCUT2D eigenvalue weighted by Gasteiger charge is -2.23. The Bertz CT molecular complexity index is 822. The Balaban J connectivity index is 2.02. The van der Waals surface area contributed by atoms with E-state index in [4.69, 9.17) is 11.6 Å². The zero-order chi connectivity index (χ0) is 16.9. The highest BCUT2D eigenvalue weighted by Gasteiger charge is 2.40. The van der Waals surface area contributed by atoms with Crippen molar-refractivity contribution in [2.45, 2.75) is 31.1 Å². The summed E-state index contributed by atoms with van der Waals surface area (Å²) in [6.07, 6.45) is 0.624. The van der Waals surface area contributed by atoms with Gasteiger partial charge in [0.2, 0.25) is 0 Å². The molecule has 122 valence electrons. The van der Waals surface area contributed by atoms with Crippen LogP contribution in [0.1, 0.15) is 35.7 Å². The van der Waals surface area contributed by atoms with Gasteiger partial charge in [0.05, 0.1) is 15.7 Å². The topological polar surface area (TPSA) is 85.3 Å². The minimum Gasteiger partial charge on any atom is -0.298 e. The number of carbonyl (C=O) groups is 3. The zero-order valence-electron chi connectivity index (χ0n) is 12.5. The molecule has 1 aromatic carbocycles. The van der Waals surface area contributed by atoms with Crippen LogP contribution in [0, 0.1) is 11.8 Å².